The van der Waals surface area contributed by atoms with Crippen molar-refractivity contribution in [1.82, 2.24) is 20.4 Å². The maximum atomic E-state index is 5.63. The van der Waals surface area contributed by atoms with Crippen LogP contribution in [0.5, 0.6) is 0 Å². The lowest BCUT2D eigenvalue weighted by molar-refractivity contribution is 0.0168. The van der Waals surface area contributed by atoms with Gasteiger partial charge in [-0.25, -0.2) is 0 Å². The summed E-state index contributed by atoms with van der Waals surface area (Å²) in [5.41, 5.74) is 0. The van der Waals surface area contributed by atoms with E-state index in [1.807, 2.05) is 16.9 Å². The lowest BCUT2D eigenvalue weighted by Gasteiger charge is -2.13. The topological polar surface area (TPSA) is 72.7 Å². The molecule has 1 aromatic rings. The van der Waals surface area contributed by atoms with Crippen LogP contribution in [0.2, 0.25) is 0 Å². The molecule has 1 unspecified atom stereocenters. The first-order chi connectivity index (χ1) is 10.9. The molecule has 0 bridgehead atoms. The molecule has 1 aliphatic heterocycles. The van der Waals surface area contributed by atoms with Gasteiger partial charge in [0.2, 0.25) is 0 Å². The Labute approximate surface area is 132 Å². The van der Waals surface area contributed by atoms with Gasteiger partial charge in [-0.1, -0.05) is 0 Å². The third-order valence-corrected chi connectivity index (χ3v) is 3.50. The van der Waals surface area contributed by atoms with Gasteiger partial charge >= 0.3 is 0 Å². The minimum Gasteiger partial charge on any atom is -0.379 e. The summed E-state index contributed by atoms with van der Waals surface area (Å²) >= 11 is 0. The van der Waals surface area contributed by atoms with E-state index >= 15 is 0 Å². The Morgan fingerprint density at radius 3 is 3.09 bits per heavy atom. The lowest BCUT2D eigenvalue weighted by Crippen LogP contribution is -2.39. The zero-order valence-electron chi connectivity index (χ0n) is 13.3. The van der Waals surface area contributed by atoms with E-state index in [2.05, 4.69) is 20.7 Å². The summed E-state index contributed by atoms with van der Waals surface area (Å²) in [5, 5.41) is 10.7. The van der Waals surface area contributed by atoms with Gasteiger partial charge in [0.15, 0.2) is 5.96 Å². The molecule has 0 saturated carbocycles. The number of rotatable bonds is 9. The Morgan fingerprint density at radius 2 is 2.36 bits per heavy atom. The molecule has 0 aliphatic carbocycles. The average molecular weight is 309 g/mol. The first-order valence-electron chi connectivity index (χ1n) is 8.00. The molecule has 7 heteroatoms. The number of hydrogen-bond acceptors (Lipinski definition) is 4. The SMILES string of the molecule is CN=C(NCCCOCC1CCCO1)NCCn1cccn1. The van der Waals surface area contributed by atoms with E-state index in [9.17, 15) is 0 Å². The van der Waals surface area contributed by atoms with Gasteiger partial charge in [0.05, 0.1) is 19.3 Å². The van der Waals surface area contributed by atoms with Gasteiger partial charge in [0.1, 0.15) is 0 Å². The van der Waals surface area contributed by atoms with Crippen molar-refractivity contribution in [3.05, 3.63) is 18.5 Å². The standard InChI is InChI=1S/C15H27N5O2/c1-16-15(18-8-10-20-9-3-7-19-20)17-6-4-11-21-13-14-5-2-12-22-14/h3,7,9,14H,2,4-6,8,10-13H2,1H3,(H2,16,17,18). The summed E-state index contributed by atoms with van der Waals surface area (Å²) in [7, 11) is 1.77. The average Bonchev–Trinajstić information content (AvgIpc) is 3.22. The predicted molar refractivity (Wildman–Crippen MR) is 86.0 cm³/mol. The van der Waals surface area contributed by atoms with Crippen molar-refractivity contribution >= 4 is 5.96 Å². The molecule has 1 aliphatic rings. The van der Waals surface area contributed by atoms with Gasteiger partial charge in [-0.2, -0.15) is 5.10 Å². The first kappa shape index (κ1) is 16.8. The van der Waals surface area contributed by atoms with Gasteiger partial charge in [-0.05, 0) is 25.3 Å². The van der Waals surface area contributed by atoms with E-state index < -0.39 is 0 Å². The number of ether oxygens (including phenoxy) is 2. The molecule has 0 radical (unpaired) electrons. The molecular weight excluding hydrogens is 282 g/mol. The van der Waals surface area contributed by atoms with E-state index in [1.54, 1.807) is 13.2 Å². The van der Waals surface area contributed by atoms with Gasteiger partial charge in [0.25, 0.3) is 0 Å². The fourth-order valence-electron chi connectivity index (χ4n) is 2.31. The van der Waals surface area contributed by atoms with Crippen LogP contribution in [0, 0.1) is 0 Å². The van der Waals surface area contributed by atoms with Crippen LogP contribution >= 0.6 is 0 Å². The Bertz CT molecular complexity index is 416. The Kier molecular flexibility index (Phi) is 7.76. The zero-order chi connectivity index (χ0) is 15.5. The quantitative estimate of drug-likeness (QED) is 0.398. The van der Waals surface area contributed by atoms with Crippen LogP contribution in [0.4, 0.5) is 0 Å². The molecule has 2 heterocycles. The molecule has 0 aromatic carbocycles. The van der Waals surface area contributed by atoms with Crippen LogP contribution in [-0.2, 0) is 16.0 Å². The van der Waals surface area contributed by atoms with Crippen LogP contribution in [0.15, 0.2) is 23.5 Å². The number of aliphatic imine (C=N–C) groups is 1. The Hall–Kier alpha value is -1.60. The van der Waals surface area contributed by atoms with Crippen molar-refractivity contribution in [1.29, 1.82) is 0 Å². The molecule has 124 valence electrons. The van der Waals surface area contributed by atoms with Gasteiger partial charge < -0.3 is 20.1 Å². The second-order valence-electron chi connectivity index (χ2n) is 5.26. The lowest BCUT2D eigenvalue weighted by atomic mass is 10.2. The Balaban J connectivity index is 1.45. The van der Waals surface area contributed by atoms with Crippen LogP contribution in [0.1, 0.15) is 19.3 Å². The molecule has 22 heavy (non-hydrogen) atoms. The summed E-state index contributed by atoms with van der Waals surface area (Å²) in [5.74, 6) is 0.811. The van der Waals surface area contributed by atoms with Crippen molar-refractivity contribution in [3.8, 4) is 0 Å². The molecule has 1 atom stereocenters. The van der Waals surface area contributed by atoms with Crippen molar-refractivity contribution in [3.63, 3.8) is 0 Å². The molecule has 2 N–H and O–H groups in total. The van der Waals surface area contributed by atoms with Crippen LogP contribution < -0.4 is 10.6 Å². The summed E-state index contributed by atoms with van der Waals surface area (Å²) in [6.07, 6.45) is 7.28. The number of aromatic nitrogens is 2. The zero-order valence-corrected chi connectivity index (χ0v) is 13.3. The number of guanidine groups is 1. The summed E-state index contributed by atoms with van der Waals surface area (Å²) in [6.45, 7) is 4.80. The Morgan fingerprint density at radius 1 is 1.45 bits per heavy atom. The van der Waals surface area contributed by atoms with E-state index in [4.69, 9.17) is 9.47 Å². The van der Waals surface area contributed by atoms with Crippen LogP contribution in [0.3, 0.4) is 0 Å². The van der Waals surface area contributed by atoms with Crippen LogP contribution in [0.25, 0.3) is 0 Å². The highest BCUT2D eigenvalue weighted by molar-refractivity contribution is 5.79. The molecule has 2 rings (SSSR count). The maximum Gasteiger partial charge on any atom is 0.191 e. The molecule has 0 spiro atoms. The molecule has 0 amide bonds. The highest BCUT2D eigenvalue weighted by Gasteiger charge is 2.14. The van der Waals surface area contributed by atoms with Crippen molar-refractivity contribution in [2.24, 2.45) is 4.99 Å². The van der Waals surface area contributed by atoms with E-state index in [0.717, 1.165) is 64.7 Å². The van der Waals surface area contributed by atoms with E-state index in [-0.39, 0.29) is 0 Å². The van der Waals surface area contributed by atoms with Crippen LogP contribution in [-0.4, -0.2) is 61.8 Å². The van der Waals surface area contributed by atoms with Crippen molar-refractivity contribution in [2.45, 2.75) is 31.9 Å². The van der Waals surface area contributed by atoms with E-state index in [0.29, 0.717) is 6.10 Å². The molecule has 1 saturated heterocycles. The monoisotopic (exact) mass is 309 g/mol. The van der Waals surface area contributed by atoms with Gasteiger partial charge in [-0.3, -0.25) is 9.67 Å². The molecule has 1 fully saturated rings. The van der Waals surface area contributed by atoms with Crippen molar-refractivity contribution < 1.29 is 9.47 Å². The highest BCUT2D eigenvalue weighted by Crippen LogP contribution is 2.11. The second kappa shape index (κ2) is 10.2. The van der Waals surface area contributed by atoms with Gasteiger partial charge in [0, 0.05) is 45.7 Å². The van der Waals surface area contributed by atoms with Gasteiger partial charge in [-0.15, -0.1) is 0 Å². The fraction of sp³-hybridized carbons (Fsp3) is 0.733. The fourth-order valence-corrected chi connectivity index (χ4v) is 2.31. The third kappa shape index (κ3) is 6.44. The summed E-state index contributed by atoms with van der Waals surface area (Å²) < 4.78 is 13.0. The number of nitrogens with one attached hydrogen (secondary N) is 2. The van der Waals surface area contributed by atoms with E-state index in [1.165, 1.54) is 0 Å². The molecule has 1 aromatic heterocycles. The molecule has 7 nitrogen and oxygen atoms in total. The summed E-state index contributed by atoms with van der Waals surface area (Å²) in [4.78, 5) is 4.19. The minimum absolute atomic E-state index is 0.310. The smallest absolute Gasteiger partial charge is 0.191 e. The third-order valence-electron chi connectivity index (χ3n) is 3.50. The molecular formula is C15H27N5O2. The number of hydrogen-bond donors (Lipinski definition) is 2. The maximum absolute atomic E-state index is 5.63. The number of nitrogens with zero attached hydrogens (tertiary/aromatic N) is 3. The summed E-state index contributed by atoms with van der Waals surface area (Å²) in [6, 6.07) is 1.92. The minimum atomic E-state index is 0.310. The predicted octanol–water partition coefficient (Wildman–Crippen LogP) is 0.634. The highest BCUT2D eigenvalue weighted by atomic mass is 16.5. The first-order valence-corrected chi connectivity index (χ1v) is 8.00. The second-order valence-corrected chi connectivity index (χ2v) is 5.26. The largest absolute Gasteiger partial charge is 0.379 e. The van der Waals surface area contributed by atoms with Crippen molar-refractivity contribution in [2.75, 3.05) is 40.0 Å². The normalized spacial score (nSPS) is 18.6.